The summed E-state index contributed by atoms with van der Waals surface area (Å²) in [6.45, 7) is 5.59. The van der Waals surface area contributed by atoms with E-state index in [-0.39, 0.29) is 0 Å². The molecule has 0 amide bonds. The number of rotatable bonds is 7. The van der Waals surface area contributed by atoms with Crippen molar-refractivity contribution in [3.05, 3.63) is 47.8 Å². The first-order valence-corrected chi connectivity index (χ1v) is 7.09. The quantitative estimate of drug-likeness (QED) is 0.819. The maximum absolute atomic E-state index is 5.33. The van der Waals surface area contributed by atoms with Crippen LogP contribution in [0.25, 0.3) is 0 Å². The van der Waals surface area contributed by atoms with Gasteiger partial charge in [-0.1, -0.05) is 18.2 Å². The summed E-state index contributed by atoms with van der Waals surface area (Å²) in [5.41, 5.74) is 2.19. The smallest absolute Gasteiger partial charge is 0.222 e. The van der Waals surface area contributed by atoms with E-state index in [0.29, 0.717) is 12.0 Å². The van der Waals surface area contributed by atoms with Crippen LogP contribution < -0.4 is 15.4 Å². The van der Waals surface area contributed by atoms with Gasteiger partial charge >= 0.3 is 0 Å². The molecule has 21 heavy (non-hydrogen) atoms. The SMILES string of the molecule is COc1ccccc1CNCc1cnc(NC(C)C)nc1. The minimum absolute atomic E-state index is 0.333. The van der Waals surface area contributed by atoms with Crippen molar-refractivity contribution < 1.29 is 4.74 Å². The molecule has 2 aromatic rings. The van der Waals surface area contributed by atoms with Gasteiger partial charge in [-0.25, -0.2) is 9.97 Å². The van der Waals surface area contributed by atoms with Crippen molar-refractivity contribution in [1.82, 2.24) is 15.3 Å². The predicted molar refractivity (Wildman–Crippen MR) is 84.3 cm³/mol. The molecule has 0 fully saturated rings. The molecule has 0 aliphatic carbocycles. The topological polar surface area (TPSA) is 59.1 Å². The van der Waals surface area contributed by atoms with E-state index in [1.807, 2.05) is 30.6 Å². The van der Waals surface area contributed by atoms with E-state index < -0.39 is 0 Å². The Morgan fingerprint density at radius 3 is 2.48 bits per heavy atom. The highest BCUT2D eigenvalue weighted by atomic mass is 16.5. The summed E-state index contributed by atoms with van der Waals surface area (Å²) in [7, 11) is 1.69. The number of methoxy groups -OCH3 is 1. The van der Waals surface area contributed by atoms with Crippen molar-refractivity contribution in [2.75, 3.05) is 12.4 Å². The van der Waals surface area contributed by atoms with E-state index in [1.54, 1.807) is 7.11 Å². The number of hydrogen-bond donors (Lipinski definition) is 2. The molecular weight excluding hydrogens is 264 g/mol. The first kappa shape index (κ1) is 15.3. The maximum atomic E-state index is 5.33. The third-order valence-electron chi connectivity index (χ3n) is 2.96. The summed E-state index contributed by atoms with van der Waals surface area (Å²) in [5, 5.41) is 6.54. The van der Waals surface area contributed by atoms with Crippen LogP contribution in [0.3, 0.4) is 0 Å². The molecule has 1 heterocycles. The number of para-hydroxylation sites is 1. The van der Waals surface area contributed by atoms with E-state index in [2.05, 4.69) is 40.5 Å². The minimum atomic E-state index is 0.333. The van der Waals surface area contributed by atoms with Crippen LogP contribution in [0.5, 0.6) is 5.75 Å². The lowest BCUT2D eigenvalue weighted by Crippen LogP contribution is -2.15. The van der Waals surface area contributed by atoms with Crippen LogP contribution >= 0.6 is 0 Å². The number of nitrogens with one attached hydrogen (secondary N) is 2. The van der Waals surface area contributed by atoms with Crippen molar-refractivity contribution in [3.8, 4) is 5.75 Å². The maximum Gasteiger partial charge on any atom is 0.222 e. The van der Waals surface area contributed by atoms with Gasteiger partial charge in [0, 0.05) is 42.7 Å². The first-order valence-electron chi connectivity index (χ1n) is 7.09. The summed E-state index contributed by atoms with van der Waals surface area (Å²) in [6, 6.07) is 8.33. The average molecular weight is 286 g/mol. The standard InChI is InChI=1S/C16H22N4O/c1-12(2)20-16-18-9-13(10-19-16)8-17-11-14-6-4-5-7-15(14)21-3/h4-7,9-10,12,17H,8,11H2,1-3H3,(H,18,19,20). The number of hydrogen-bond acceptors (Lipinski definition) is 5. The number of aromatic nitrogens is 2. The van der Waals surface area contributed by atoms with Gasteiger partial charge in [0.1, 0.15) is 5.75 Å². The van der Waals surface area contributed by atoms with Gasteiger partial charge in [0.2, 0.25) is 5.95 Å². The first-order chi connectivity index (χ1) is 10.2. The van der Waals surface area contributed by atoms with Crippen molar-refractivity contribution >= 4 is 5.95 Å². The fourth-order valence-corrected chi connectivity index (χ4v) is 1.97. The van der Waals surface area contributed by atoms with Gasteiger partial charge in [0.15, 0.2) is 0 Å². The molecule has 112 valence electrons. The van der Waals surface area contributed by atoms with E-state index >= 15 is 0 Å². The third-order valence-corrected chi connectivity index (χ3v) is 2.96. The zero-order valence-electron chi connectivity index (χ0n) is 12.8. The molecule has 5 heteroatoms. The molecule has 0 unspecified atom stereocenters. The van der Waals surface area contributed by atoms with Gasteiger partial charge in [-0.3, -0.25) is 0 Å². The Labute approximate surface area is 125 Å². The fourth-order valence-electron chi connectivity index (χ4n) is 1.97. The fraction of sp³-hybridized carbons (Fsp3) is 0.375. The van der Waals surface area contributed by atoms with Gasteiger partial charge < -0.3 is 15.4 Å². The number of benzene rings is 1. The Morgan fingerprint density at radius 2 is 1.81 bits per heavy atom. The Bertz CT molecular complexity index is 554. The van der Waals surface area contributed by atoms with Crippen molar-refractivity contribution in [3.63, 3.8) is 0 Å². The summed E-state index contributed by atoms with van der Waals surface area (Å²) >= 11 is 0. The molecule has 5 nitrogen and oxygen atoms in total. The largest absolute Gasteiger partial charge is 0.496 e. The molecule has 0 bridgehead atoms. The molecule has 1 aromatic heterocycles. The molecule has 1 aromatic carbocycles. The monoisotopic (exact) mass is 286 g/mol. The average Bonchev–Trinajstić information content (AvgIpc) is 2.49. The summed E-state index contributed by atoms with van der Waals surface area (Å²) in [6.07, 6.45) is 3.68. The zero-order chi connectivity index (χ0) is 15.1. The van der Waals surface area contributed by atoms with Gasteiger partial charge in [-0.15, -0.1) is 0 Å². The van der Waals surface area contributed by atoms with Crippen LogP contribution in [-0.4, -0.2) is 23.1 Å². The molecule has 0 aliphatic heterocycles. The lowest BCUT2D eigenvalue weighted by Gasteiger charge is -2.10. The lowest BCUT2D eigenvalue weighted by atomic mass is 10.2. The van der Waals surface area contributed by atoms with Gasteiger partial charge in [0.05, 0.1) is 7.11 Å². The summed E-state index contributed by atoms with van der Waals surface area (Å²) in [4.78, 5) is 8.58. The third kappa shape index (κ3) is 4.72. The van der Waals surface area contributed by atoms with Crippen molar-refractivity contribution in [1.29, 1.82) is 0 Å². The molecule has 0 radical (unpaired) electrons. The van der Waals surface area contributed by atoms with Crippen LogP contribution in [0.15, 0.2) is 36.7 Å². The molecule has 2 rings (SSSR count). The Kier molecular flexibility index (Phi) is 5.51. The minimum Gasteiger partial charge on any atom is -0.496 e. The zero-order valence-corrected chi connectivity index (χ0v) is 12.8. The van der Waals surface area contributed by atoms with Gasteiger partial charge in [-0.05, 0) is 19.9 Å². The molecule has 0 saturated carbocycles. The number of nitrogens with zero attached hydrogens (tertiary/aromatic N) is 2. The van der Waals surface area contributed by atoms with Crippen molar-refractivity contribution in [2.24, 2.45) is 0 Å². The molecular formula is C16H22N4O. The Balaban J connectivity index is 1.86. The summed E-state index contributed by atoms with van der Waals surface area (Å²) in [5.74, 6) is 1.57. The van der Waals surface area contributed by atoms with E-state index in [9.17, 15) is 0 Å². The second kappa shape index (κ2) is 7.59. The van der Waals surface area contributed by atoms with Crippen molar-refractivity contribution in [2.45, 2.75) is 33.0 Å². The molecule has 2 N–H and O–H groups in total. The Hall–Kier alpha value is -2.14. The highest BCUT2D eigenvalue weighted by molar-refractivity contribution is 5.33. The Morgan fingerprint density at radius 1 is 1.10 bits per heavy atom. The van der Waals surface area contributed by atoms with Crippen LogP contribution in [0.1, 0.15) is 25.0 Å². The van der Waals surface area contributed by atoms with Crippen LogP contribution in [0, 0.1) is 0 Å². The normalized spacial score (nSPS) is 10.7. The highest BCUT2D eigenvalue weighted by Gasteiger charge is 2.02. The van der Waals surface area contributed by atoms with Crippen LogP contribution in [-0.2, 0) is 13.1 Å². The van der Waals surface area contributed by atoms with Gasteiger partial charge in [0.25, 0.3) is 0 Å². The summed E-state index contributed by atoms with van der Waals surface area (Å²) < 4.78 is 5.33. The lowest BCUT2D eigenvalue weighted by molar-refractivity contribution is 0.407. The predicted octanol–water partition coefficient (Wildman–Crippen LogP) is 2.60. The van der Waals surface area contributed by atoms with Crippen LogP contribution in [0.4, 0.5) is 5.95 Å². The number of anilines is 1. The molecule has 0 spiro atoms. The molecule has 0 aliphatic rings. The second-order valence-corrected chi connectivity index (χ2v) is 5.13. The van der Waals surface area contributed by atoms with E-state index in [4.69, 9.17) is 4.74 Å². The number of ether oxygens (including phenoxy) is 1. The van der Waals surface area contributed by atoms with E-state index in [0.717, 1.165) is 30.0 Å². The second-order valence-electron chi connectivity index (χ2n) is 5.13. The highest BCUT2D eigenvalue weighted by Crippen LogP contribution is 2.16. The van der Waals surface area contributed by atoms with Crippen LogP contribution in [0.2, 0.25) is 0 Å². The molecule has 0 atom stereocenters. The van der Waals surface area contributed by atoms with E-state index in [1.165, 1.54) is 0 Å². The molecule has 0 saturated heterocycles. The van der Waals surface area contributed by atoms with Gasteiger partial charge in [-0.2, -0.15) is 0 Å².